The number of nitrogens with one attached hydrogen (secondary N) is 1. The van der Waals surface area contributed by atoms with Crippen molar-refractivity contribution in [1.82, 2.24) is 20.0 Å². The zero-order valence-corrected chi connectivity index (χ0v) is 12.1. The molecule has 1 aliphatic heterocycles. The fraction of sp³-hybridized carbons (Fsp3) is 1.00. The number of nitrogens with zero attached hydrogens (tertiary/aromatic N) is 3. The molecule has 1 unspecified atom stereocenters. The van der Waals surface area contributed by atoms with Crippen LogP contribution in [0.2, 0.25) is 0 Å². The number of hydrogen-bond donors (Lipinski definition) is 1. The third kappa shape index (κ3) is 6.36. The lowest BCUT2D eigenvalue weighted by atomic mass is 10.1. The first-order valence-corrected chi connectivity index (χ1v) is 6.84. The molecule has 1 N–H and O–H groups in total. The van der Waals surface area contributed by atoms with Crippen LogP contribution in [0, 0.1) is 0 Å². The van der Waals surface area contributed by atoms with Crippen LogP contribution in [0.5, 0.6) is 0 Å². The van der Waals surface area contributed by atoms with Crippen molar-refractivity contribution in [2.45, 2.75) is 18.9 Å². The first-order chi connectivity index (χ1) is 8.09. The van der Waals surface area contributed by atoms with Crippen LogP contribution >= 0.6 is 0 Å². The van der Waals surface area contributed by atoms with Crippen LogP contribution in [0.1, 0.15) is 12.8 Å². The van der Waals surface area contributed by atoms with Gasteiger partial charge in [0.2, 0.25) is 0 Å². The number of piperidine rings is 1. The van der Waals surface area contributed by atoms with Crippen LogP contribution in [0.25, 0.3) is 0 Å². The molecule has 1 aliphatic rings. The maximum absolute atomic E-state index is 3.51. The summed E-state index contributed by atoms with van der Waals surface area (Å²) in [6, 6.07) is 0.755. The molecule has 0 aromatic heterocycles. The summed E-state index contributed by atoms with van der Waals surface area (Å²) in [5.41, 5.74) is 0. The Bertz CT molecular complexity index is 194. The molecule has 0 aromatic carbocycles. The number of likely N-dealkylation sites (N-methyl/N-ethyl adjacent to an activating group) is 2. The predicted molar refractivity (Wildman–Crippen MR) is 74.6 cm³/mol. The highest BCUT2D eigenvalue weighted by Gasteiger charge is 2.20. The third-order valence-corrected chi connectivity index (χ3v) is 3.55. The Hall–Kier alpha value is -0.160. The van der Waals surface area contributed by atoms with Crippen molar-refractivity contribution >= 4 is 0 Å². The normalized spacial score (nSPS) is 22.6. The zero-order chi connectivity index (χ0) is 12.7. The number of likely N-dealkylation sites (tertiary alicyclic amines) is 1. The van der Waals surface area contributed by atoms with E-state index in [9.17, 15) is 0 Å². The minimum atomic E-state index is 0.755. The Kier molecular flexibility index (Phi) is 7.04. The number of rotatable bonds is 7. The fourth-order valence-corrected chi connectivity index (χ4v) is 2.32. The quantitative estimate of drug-likeness (QED) is 0.642. The molecule has 0 amide bonds. The van der Waals surface area contributed by atoms with Crippen molar-refractivity contribution in [3.8, 4) is 0 Å². The molecule has 0 bridgehead atoms. The van der Waals surface area contributed by atoms with Crippen LogP contribution in [0.3, 0.4) is 0 Å². The molecule has 0 aromatic rings. The Morgan fingerprint density at radius 1 is 1.18 bits per heavy atom. The molecule has 1 rings (SSSR count). The van der Waals surface area contributed by atoms with E-state index in [4.69, 9.17) is 0 Å². The van der Waals surface area contributed by atoms with Crippen LogP contribution < -0.4 is 5.32 Å². The first kappa shape index (κ1) is 14.9. The second kappa shape index (κ2) is 8.03. The van der Waals surface area contributed by atoms with Gasteiger partial charge in [-0.3, -0.25) is 0 Å². The lowest BCUT2D eigenvalue weighted by Gasteiger charge is -2.36. The van der Waals surface area contributed by atoms with E-state index in [1.54, 1.807) is 0 Å². The molecular weight excluding hydrogens is 212 g/mol. The largest absolute Gasteiger partial charge is 0.314 e. The highest BCUT2D eigenvalue weighted by Crippen LogP contribution is 2.12. The van der Waals surface area contributed by atoms with Crippen molar-refractivity contribution in [1.29, 1.82) is 0 Å². The molecule has 0 spiro atoms. The lowest BCUT2D eigenvalue weighted by molar-refractivity contribution is 0.134. The fourth-order valence-electron chi connectivity index (χ4n) is 2.32. The van der Waals surface area contributed by atoms with Gasteiger partial charge >= 0.3 is 0 Å². The molecule has 17 heavy (non-hydrogen) atoms. The standard InChI is InChI=1S/C13H30N4/c1-15(2)10-7-14-8-11-17-9-5-6-13(12-17)16(3)4/h13-14H,5-12H2,1-4H3. The van der Waals surface area contributed by atoms with Gasteiger partial charge in [-0.05, 0) is 47.6 Å². The molecule has 102 valence electrons. The summed E-state index contributed by atoms with van der Waals surface area (Å²) < 4.78 is 0. The van der Waals surface area contributed by atoms with E-state index in [1.807, 2.05) is 0 Å². The van der Waals surface area contributed by atoms with Gasteiger partial charge in [0.05, 0.1) is 0 Å². The maximum Gasteiger partial charge on any atom is 0.0217 e. The lowest BCUT2D eigenvalue weighted by Crippen LogP contribution is -2.47. The Labute approximate surface area is 107 Å². The van der Waals surface area contributed by atoms with Gasteiger partial charge in [-0.2, -0.15) is 0 Å². The van der Waals surface area contributed by atoms with E-state index in [-0.39, 0.29) is 0 Å². The average molecular weight is 242 g/mol. The van der Waals surface area contributed by atoms with Gasteiger partial charge in [0.1, 0.15) is 0 Å². The predicted octanol–water partition coefficient (Wildman–Crippen LogP) is 0.164. The van der Waals surface area contributed by atoms with Gasteiger partial charge in [0.15, 0.2) is 0 Å². The summed E-state index contributed by atoms with van der Waals surface area (Å²) in [6.07, 6.45) is 2.71. The molecule has 4 heteroatoms. The monoisotopic (exact) mass is 242 g/mol. The summed E-state index contributed by atoms with van der Waals surface area (Å²) in [4.78, 5) is 7.18. The van der Waals surface area contributed by atoms with Crippen LogP contribution in [0.15, 0.2) is 0 Å². The molecule has 1 atom stereocenters. The highest BCUT2D eigenvalue weighted by molar-refractivity contribution is 4.78. The topological polar surface area (TPSA) is 21.8 Å². The van der Waals surface area contributed by atoms with E-state index in [0.717, 1.165) is 25.7 Å². The summed E-state index contributed by atoms with van der Waals surface area (Å²) in [5, 5.41) is 3.51. The molecule has 1 fully saturated rings. The first-order valence-electron chi connectivity index (χ1n) is 6.84. The molecule has 1 heterocycles. The van der Waals surface area contributed by atoms with Gasteiger partial charge in [-0.1, -0.05) is 0 Å². The van der Waals surface area contributed by atoms with Crippen molar-refractivity contribution < 1.29 is 0 Å². The van der Waals surface area contributed by atoms with Gasteiger partial charge in [-0.25, -0.2) is 0 Å². The molecule has 0 radical (unpaired) electrons. The zero-order valence-electron chi connectivity index (χ0n) is 12.1. The summed E-state index contributed by atoms with van der Waals surface area (Å²) >= 11 is 0. The second-order valence-electron chi connectivity index (χ2n) is 5.61. The van der Waals surface area contributed by atoms with Crippen LogP contribution in [0.4, 0.5) is 0 Å². The molecule has 1 saturated heterocycles. The van der Waals surface area contributed by atoms with Gasteiger partial charge < -0.3 is 20.0 Å². The summed E-state index contributed by atoms with van der Waals surface area (Å²) in [6.45, 7) is 7.05. The Balaban J connectivity index is 2.06. The number of hydrogen-bond acceptors (Lipinski definition) is 4. The van der Waals surface area contributed by atoms with Gasteiger partial charge in [0, 0.05) is 38.8 Å². The van der Waals surface area contributed by atoms with E-state index < -0.39 is 0 Å². The maximum atomic E-state index is 3.51. The molecule has 0 saturated carbocycles. The summed E-state index contributed by atoms with van der Waals surface area (Å²) in [7, 11) is 8.63. The molecule has 0 aliphatic carbocycles. The van der Waals surface area contributed by atoms with Crippen molar-refractivity contribution in [3.63, 3.8) is 0 Å². The summed E-state index contributed by atoms with van der Waals surface area (Å²) in [5.74, 6) is 0. The van der Waals surface area contributed by atoms with E-state index in [0.29, 0.717) is 0 Å². The van der Waals surface area contributed by atoms with E-state index in [1.165, 1.54) is 32.5 Å². The highest BCUT2D eigenvalue weighted by atomic mass is 15.2. The van der Waals surface area contributed by atoms with Crippen LogP contribution in [-0.2, 0) is 0 Å². The Morgan fingerprint density at radius 2 is 1.94 bits per heavy atom. The minimum absolute atomic E-state index is 0.755. The van der Waals surface area contributed by atoms with E-state index in [2.05, 4.69) is 48.2 Å². The average Bonchev–Trinajstić information content (AvgIpc) is 2.28. The van der Waals surface area contributed by atoms with Crippen molar-refractivity contribution in [3.05, 3.63) is 0 Å². The van der Waals surface area contributed by atoms with Crippen LogP contribution in [-0.4, -0.2) is 88.2 Å². The van der Waals surface area contributed by atoms with Gasteiger partial charge in [0.25, 0.3) is 0 Å². The van der Waals surface area contributed by atoms with Gasteiger partial charge in [-0.15, -0.1) is 0 Å². The molecular formula is C13H30N4. The minimum Gasteiger partial charge on any atom is -0.314 e. The SMILES string of the molecule is CN(C)CCNCCN1CCCC(N(C)C)C1. The smallest absolute Gasteiger partial charge is 0.0217 e. The Morgan fingerprint density at radius 3 is 2.59 bits per heavy atom. The second-order valence-corrected chi connectivity index (χ2v) is 5.61. The van der Waals surface area contributed by atoms with Crippen molar-refractivity contribution in [2.24, 2.45) is 0 Å². The van der Waals surface area contributed by atoms with E-state index >= 15 is 0 Å². The molecule has 4 nitrogen and oxygen atoms in total. The third-order valence-electron chi connectivity index (χ3n) is 3.55. The van der Waals surface area contributed by atoms with Crippen molar-refractivity contribution in [2.75, 3.05) is 67.5 Å².